The quantitative estimate of drug-likeness (QED) is 0.761. The van der Waals surface area contributed by atoms with Gasteiger partial charge in [-0.25, -0.2) is 0 Å². The van der Waals surface area contributed by atoms with Crippen LogP contribution in [0.3, 0.4) is 0 Å². The Morgan fingerprint density at radius 2 is 2.00 bits per heavy atom. The fourth-order valence-corrected chi connectivity index (χ4v) is 1.40. The first-order valence-corrected chi connectivity index (χ1v) is 4.77. The molecule has 4 nitrogen and oxygen atoms in total. The van der Waals surface area contributed by atoms with Gasteiger partial charge in [-0.2, -0.15) is 0 Å². The van der Waals surface area contributed by atoms with E-state index in [1.807, 2.05) is 35.8 Å². The third-order valence-corrected chi connectivity index (χ3v) is 2.32. The molecule has 0 fully saturated rings. The normalized spacial score (nSPS) is 10.3. The Labute approximate surface area is 88.5 Å². The molecule has 0 saturated carbocycles. The lowest BCUT2D eigenvalue weighted by Crippen LogP contribution is -2.00. The molecule has 0 saturated heterocycles. The third-order valence-electron chi connectivity index (χ3n) is 2.32. The van der Waals surface area contributed by atoms with Crippen molar-refractivity contribution in [1.82, 2.24) is 14.8 Å². The van der Waals surface area contributed by atoms with Crippen molar-refractivity contribution in [3.63, 3.8) is 0 Å². The van der Waals surface area contributed by atoms with Gasteiger partial charge in [0.1, 0.15) is 17.9 Å². The molecular formula is C11H13N3O. The molecule has 1 aromatic heterocycles. The Morgan fingerprint density at radius 3 is 2.53 bits per heavy atom. The highest BCUT2D eigenvalue weighted by molar-refractivity contribution is 5.27. The summed E-state index contributed by atoms with van der Waals surface area (Å²) in [5, 5.41) is 7.77. The largest absolute Gasteiger partial charge is 0.497 e. The zero-order valence-corrected chi connectivity index (χ0v) is 8.84. The summed E-state index contributed by atoms with van der Waals surface area (Å²) in [6.45, 7) is 2.74. The first-order chi connectivity index (χ1) is 7.29. The van der Waals surface area contributed by atoms with Gasteiger partial charge in [-0.1, -0.05) is 12.1 Å². The smallest absolute Gasteiger partial charge is 0.129 e. The van der Waals surface area contributed by atoms with Crippen LogP contribution < -0.4 is 4.74 Å². The van der Waals surface area contributed by atoms with Crippen LogP contribution in [0, 0.1) is 6.92 Å². The van der Waals surface area contributed by atoms with Gasteiger partial charge in [-0.05, 0) is 24.6 Å². The molecule has 0 aliphatic heterocycles. The summed E-state index contributed by atoms with van der Waals surface area (Å²) in [7, 11) is 1.67. The van der Waals surface area contributed by atoms with Gasteiger partial charge in [0.15, 0.2) is 0 Å². The molecule has 78 valence electrons. The zero-order valence-electron chi connectivity index (χ0n) is 8.84. The van der Waals surface area contributed by atoms with E-state index >= 15 is 0 Å². The number of aromatic nitrogens is 3. The highest BCUT2D eigenvalue weighted by Gasteiger charge is 1.99. The Kier molecular flexibility index (Phi) is 2.67. The number of benzene rings is 1. The van der Waals surface area contributed by atoms with Gasteiger partial charge >= 0.3 is 0 Å². The van der Waals surface area contributed by atoms with E-state index < -0.39 is 0 Å². The fourth-order valence-electron chi connectivity index (χ4n) is 1.40. The Balaban J connectivity index is 2.14. The van der Waals surface area contributed by atoms with E-state index in [9.17, 15) is 0 Å². The van der Waals surface area contributed by atoms with E-state index in [2.05, 4.69) is 10.2 Å². The van der Waals surface area contributed by atoms with Crippen molar-refractivity contribution in [2.24, 2.45) is 0 Å². The van der Waals surface area contributed by atoms with Crippen LogP contribution in [0.4, 0.5) is 0 Å². The second-order valence-electron chi connectivity index (χ2n) is 3.35. The Morgan fingerprint density at radius 1 is 1.27 bits per heavy atom. The van der Waals surface area contributed by atoms with E-state index in [1.54, 1.807) is 13.4 Å². The number of hydrogen-bond donors (Lipinski definition) is 0. The van der Waals surface area contributed by atoms with Crippen LogP contribution in [0.2, 0.25) is 0 Å². The van der Waals surface area contributed by atoms with Crippen LogP contribution >= 0.6 is 0 Å². The summed E-state index contributed by atoms with van der Waals surface area (Å²) in [5.41, 5.74) is 1.21. The van der Waals surface area contributed by atoms with Crippen LogP contribution in [0.25, 0.3) is 0 Å². The third kappa shape index (κ3) is 2.15. The molecule has 0 unspecified atom stereocenters. The summed E-state index contributed by atoms with van der Waals surface area (Å²) in [5.74, 6) is 1.80. The molecule has 2 aromatic rings. The van der Waals surface area contributed by atoms with Gasteiger partial charge in [0.05, 0.1) is 13.7 Å². The minimum atomic E-state index is 0.794. The average Bonchev–Trinajstić information content (AvgIpc) is 2.66. The van der Waals surface area contributed by atoms with E-state index in [-0.39, 0.29) is 0 Å². The predicted octanol–water partition coefficient (Wildman–Crippen LogP) is 1.64. The molecule has 0 atom stereocenters. The molecule has 0 aliphatic carbocycles. The zero-order chi connectivity index (χ0) is 10.7. The predicted molar refractivity (Wildman–Crippen MR) is 56.9 cm³/mol. The van der Waals surface area contributed by atoms with Gasteiger partial charge < -0.3 is 9.30 Å². The van der Waals surface area contributed by atoms with E-state index in [0.717, 1.165) is 18.1 Å². The van der Waals surface area contributed by atoms with Crippen molar-refractivity contribution in [3.05, 3.63) is 42.0 Å². The number of rotatable bonds is 3. The number of ether oxygens (including phenoxy) is 1. The first kappa shape index (κ1) is 9.71. The fraction of sp³-hybridized carbons (Fsp3) is 0.273. The highest BCUT2D eigenvalue weighted by atomic mass is 16.5. The number of hydrogen-bond acceptors (Lipinski definition) is 3. The second kappa shape index (κ2) is 4.13. The number of aryl methyl sites for hydroxylation is 1. The van der Waals surface area contributed by atoms with Crippen LogP contribution in [0.15, 0.2) is 30.6 Å². The van der Waals surface area contributed by atoms with E-state index in [0.29, 0.717) is 0 Å². The molecule has 1 heterocycles. The summed E-state index contributed by atoms with van der Waals surface area (Å²) in [4.78, 5) is 0. The number of methoxy groups -OCH3 is 1. The molecule has 4 heteroatoms. The molecule has 0 spiro atoms. The molecule has 0 N–H and O–H groups in total. The standard InChI is InChI=1S/C11H13N3O/c1-9-13-12-8-14(9)7-10-3-5-11(15-2)6-4-10/h3-6,8H,7H2,1-2H3. The topological polar surface area (TPSA) is 39.9 Å². The minimum Gasteiger partial charge on any atom is -0.497 e. The molecule has 15 heavy (non-hydrogen) atoms. The number of nitrogens with zero attached hydrogens (tertiary/aromatic N) is 3. The maximum Gasteiger partial charge on any atom is 0.129 e. The van der Waals surface area contributed by atoms with Gasteiger partial charge in [0, 0.05) is 0 Å². The van der Waals surface area contributed by atoms with Crippen LogP contribution in [0.5, 0.6) is 5.75 Å². The molecule has 1 aromatic carbocycles. The highest BCUT2D eigenvalue weighted by Crippen LogP contribution is 2.12. The van der Waals surface area contributed by atoms with Gasteiger partial charge in [0.25, 0.3) is 0 Å². The Hall–Kier alpha value is -1.84. The minimum absolute atomic E-state index is 0.794. The first-order valence-electron chi connectivity index (χ1n) is 4.77. The molecule has 0 amide bonds. The summed E-state index contributed by atoms with van der Waals surface area (Å²) in [6.07, 6.45) is 1.74. The molecular weight excluding hydrogens is 190 g/mol. The van der Waals surface area contributed by atoms with Crippen molar-refractivity contribution in [3.8, 4) is 5.75 Å². The van der Waals surface area contributed by atoms with E-state index in [4.69, 9.17) is 4.74 Å². The summed E-state index contributed by atoms with van der Waals surface area (Å²) in [6, 6.07) is 7.99. The molecule has 0 bridgehead atoms. The lowest BCUT2D eigenvalue weighted by Gasteiger charge is -2.05. The SMILES string of the molecule is COc1ccc(Cn2cnnc2C)cc1. The van der Waals surface area contributed by atoms with Crippen molar-refractivity contribution in [2.45, 2.75) is 13.5 Å². The maximum atomic E-state index is 5.10. The maximum absolute atomic E-state index is 5.10. The lowest BCUT2D eigenvalue weighted by atomic mass is 10.2. The second-order valence-corrected chi connectivity index (χ2v) is 3.35. The molecule has 2 rings (SSSR count). The van der Waals surface area contributed by atoms with E-state index in [1.165, 1.54) is 5.56 Å². The molecule has 0 aliphatic rings. The lowest BCUT2D eigenvalue weighted by molar-refractivity contribution is 0.414. The van der Waals surface area contributed by atoms with Gasteiger partial charge in [-0.3, -0.25) is 0 Å². The monoisotopic (exact) mass is 203 g/mol. The van der Waals surface area contributed by atoms with Crippen molar-refractivity contribution < 1.29 is 4.74 Å². The van der Waals surface area contributed by atoms with Crippen LogP contribution in [0.1, 0.15) is 11.4 Å². The summed E-state index contributed by atoms with van der Waals surface area (Å²) < 4.78 is 7.10. The summed E-state index contributed by atoms with van der Waals surface area (Å²) >= 11 is 0. The van der Waals surface area contributed by atoms with Crippen LogP contribution in [-0.4, -0.2) is 21.9 Å². The van der Waals surface area contributed by atoms with Crippen molar-refractivity contribution >= 4 is 0 Å². The van der Waals surface area contributed by atoms with Gasteiger partial charge in [-0.15, -0.1) is 10.2 Å². The van der Waals surface area contributed by atoms with Crippen molar-refractivity contribution in [2.75, 3.05) is 7.11 Å². The van der Waals surface area contributed by atoms with Crippen LogP contribution in [-0.2, 0) is 6.54 Å². The Bertz CT molecular complexity index is 433. The average molecular weight is 203 g/mol. The molecule has 0 radical (unpaired) electrons. The van der Waals surface area contributed by atoms with Crippen molar-refractivity contribution in [1.29, 1.82) is 0 Å². The van der Waals surface area contributed by atoms with Gasteiger partial charge in [0.2, 0.25) is 0 Å².